The molecule has 0 aromatic heterocycles. The maximum atomic E-state index is 13.7. The Labute approximate surface area is 630 Å². The molecule has 16 nitrogen and oxygen atoms in total. The molecule has 0 fully saturated rings. The fraction of sp³-hybridized carbons (Fsp3) is 0.705. The van der Waals surface area contributed by atoms with Gasteiger partial charge in [0.1, 0.15) is 11.4 Å². The second kappa shape index (κ2) is 57.3. The van der Waals surface area contributed by atoms with Crippen molar-refractivity contribution in [2.24, 2.45) is 22.0 Å². The number of hydrogen-bond acceptors (Lipinski definition) is 12. The molecule has 104 heavy (non-hydrogen) atoms. The summed E-state index contributed by atoms with van der Waals surface area (Å²) in [5.74, 6) is -1.69. The van der Waals surface area contributed by atoms with Crippen LogP contribution in [0.5, 0.6) is 0 Å². The van der Waals surface area contributed by atoms with Crippen molar-refractivity contribution in [2.75, 3.05) is 37.2 Å². The third-order valence-electron chi connectivity index (χ3n) is 21.2. The molecule has 0 bridgehead atoms. The van der Waals surface area contributed by atoms with Gasteiger partial charge < -0.3 is 9.47 Å². The minimum atomic E-state index is -0.580. The molecule has 2 heterocycles. The Hall–Kier alpha value is -6.94. The van der Waals surface area contributed by atoms with Gasteiger partial charge in [-0.1, -0.05) is 347 Å². The minimum Gasteiger partial charge on any atom is -0.462 e. The molecule has 2 aromatic rings. The summed E-state index contributed by atoms with van der Waals surface area (Å²) in [4.78, 5) is 90.4. The third kappa shape index (κ3) is 35.0. The number of carbonyl (C=O) groups excluding carboxylic acids is 6. The Balaban J connectivity index is 1.23. The smallest absolute Gasteiger partial charge is 0.340 e. The van der Waals surface area contributed by atoms with E-state index in [1.54, 1.807) is 62.4 Å². The van der Waals surface area contributed by atoms with E-state index >= 15 is 0 Å². The summed E-state index contributed by atoms with van der Waals surface area (Å²) in [6.07, 6.45) is 59.2. The summed E-state index contributed by atoms with van der Waals surface area (Å²) in [6, 6.07) is 13.8. The van der Waals surface area contributed by atoms with E-state index < -0.39 is 35.6 Å². The van der Waals surface area contributed by atoms with E-state index in [-0.39, 0.29) is 47.1 Å². The highest BCUT2D eigenvalue weighted by atomic mass is 16.5. The number of carbonyl (C=O) groups is 6. The molecular weight excluding hydrogens is 1300 g/mol. The number of nitrogens with one attached hydrogen (secondary N) is 2. The van der Waals surface area contributed by atoms with Crippen LogP contribution >= 0.6 is 0 Å². The monoisotopic (exact) mass is 1440 g/mol. The van der Waals surface area contributed by atoms with Crippen LogP contribution in [0.2, 0.25) is 0 Å². The van der Waals surface area contributed by atoms with Gasteiger partial charge in [-0.2, -0.15) is 10.2 Å². The number of benzene rings is 2. The summed E-state index contributed by atoms with van der Waals surface area (Å²) < 4.78 is 11.6. The molecule has 0 saturated heterocycles. The lowest BCUT2D eigenvalue weighted by Crippen LogP contribution is -2.47. The Morgan fingerprint density at radius 2 is 0.615 bits per heavy atom. The van der Waals surface area contributed by atoms with Gasteiger partial charge in [0, 0.05) is 13.1 Å². The molecule has 0 saturated carbocycles. The number of para-hydroxylation sites is 2. The summed E-state index contributed by atoms with van der Waals surface area (Å²) in [6.45, 7) is 28.8. The van der Waals surface area contributed by atoms with Gasteiger partial charge in [0.15, 0.2) is 0 Å². The fourth-order valence-electron chi connectivity index (χ4n) is 14.6. The highest BCUT2D eigenvalue weighted by molar-refractivity contribution is 6.51. The number of rotatable bonds is 63. The maximum Gasteiger partial charge on any atom is 0.340 e. The Morgan fingerprint density at radius 1 is 0.365 bits per heavy atom. The second-order valence-corrected chi connectivity index (χ2v) is 29.7. The zero-order valence-electron chi connectivity index (χ0n) is 65.9. The first-order valence-electron chi connectivity index (χ1n) is 42.0. The molecular formula is C88H138N8O8. The highest BCUT2D eigenvalue weighted by Gasteiger charge is 2.38. The van der Waals surface area contributed by atoms with E-state index in [2.05, 4.69) is 58.4 Å². The molecule has 2 aliphatic heterocycles. The van der Waals surface area contributed by atoms with E-state index in [1.165, 1.54) is 218 Å². The number of hydrazone groups is 2. The molecule has 2 N–H and O–H groups in total. The van der Waals surface area contributed by atoms with Gasteiger partial charge in [-0.25, -0.2) is 19.3 Å². The number of imide groups is 2. The quantitative estimate of drug-likeness (QED) is 0.0212. The van der Waals surface area contributed by atoms with Crippen LogP contribution in [0, 0.1) is 25.0 Å². The molecule has 16 heteroatoms. The van der Waals surface area contributed by atoms with Crippen LogP contribution < -0.4 is 10.9 Å². The summed E-state index contributed by atoms with van der Waals surface area (Å²) in [7, 11) is 0. The van der Waals surface area contributed by atoms with Crippen molar-refractivity contribution >= 4 is 58.4 Å². The average Bonchev–Trinajstić information content (AvgIpc) is 0.791. The molecule has 4 rings (SSSR count). The largest absolute Gasteiger partial charge is 0.462 e. The van der Waals surface area contributed by atoms with Crippen LogP contribution in [0.3, 0.4) is 0 Å². The first kappa shape index (κ1) is 89.5. The Bertz CT molecular complexity index is 2830. The number of nitrogens with zero attached hydrogens (tertiary/aromatic N) is 6. The first-order valence-corrected chi connectivity index (χ1v) is 42.0. The predicted molar refractivity (Wildman–Crippen MR) is 428 cm³/mol. The lowest BCUT2D eigenvalue weighted by molar-refractivity contribution is -0.140. The van der Waals surface area contributed by atoms with Gasteiger partial charge in [0.2, 0.25) is 0 Å². The lowest BCUT2D eigenvalue weighted by atomic mass is 9.78. The van der Waals surface area contributed by atoms with Gasteiger partial charge in [0.05, 0.1) is 48.9 Å². The first-order chi connectivity index (χ1) is 50.9. The van der Waals surface area contributed by atoms with E-state index in [4.69, 9.17) is 22.6 Å². The molecule has 2 atom stereocenters. The maximum absolute atomic E-state index is 13.7. The van der Waals surface area contributed by atoms with Crippen molar-refractivity contribution < 1.29 is 38.2 Å². The van der Waals surface area contributed by atoms with Crippen LogP contribution in [0.1, 0.15) is 383 Å². The Kier molecular flexibility index (Phi) is 49.3. The van der Waals surface area contributed by atoms with Crippen molar-refractivity contribution in [2.45, 2.75) is 363 Å². The molecule has 0 spiro atoms. The SMILES string of the molecule is [C-]#[N+]C1=C(C)/C(=N/Nc2ccccc2C(=O)OCCCCCCCCC(CCCCCCCCC)C(CCCCCCCCC)CCCCCCCCOC(=O)c2ccccc2N/N=C2\C(=O)N(CCCCCCCCCCCC)C(=O)C([N+]#[C-])=C2C)C(=O)N(CCCCCCCCCCCC)C1=O. The van der Waals surface area contributed by atoms with E-state index in [9.17, 15) is 28.8 Å². The standard InChI is InChI=1S/C88H138N8O8/c1-9-13-17-21-25-27-29-35-43-55-67-95-83(97)79(89-7)71(5)81(85(95)99)93-91-77-65-53-51-63-75(77)87(101)103-69-57-45-37-33-41-49-61-73(59-47-39-31-23-19-15-11-3)74(60-48-40-32-24-20-16-12-4)62-50-42-34-38-46-58-70-104-88(102)76-64-52-54-66-78(76)92-94-82-72(6)80(90-8)84(98)96(86(82)100)68-56-44-36-30-28-26-22-18-14-10-2/h51-54,63-66,73-74,91-92H,9-50,55-62,67-70H2,1-6H3/b93-81-,94-82-. The third-order valence-corrected chi connectivity index (χ3v) is 21.2. The van der Waals surface area contributed by atoms with Crippen LogP contribution in [0.15, 0.2) is 81.3 Å². The molecule has 0 aliphatic carbocycles. The summed E-state index contributed by atoms with van der Waals surface area (Å²) >= 11 is 0. The molecule has 2 unspecified atom stereocenters. The number of esters is 2. The molecule has 0 radical (unpaired) electrons. The second-order valence-electron chi connectivity index (χ2n) is 29.7. The van der Waals surface area contributed by atoms with Crippen molar-refractivity contribution in [3.63, 3.8) is 0 Å². The van der Waals surface area contributed by atoms with Gasteiger partial charge >= 0.3 is 11.9 Å². The predicted octanol–water partition coefficient (Wildman–Crippen LogP) is 24.2. The highest BCUT2D eigenvalue weighted by Crippen LogP contribution is 2.35. The van der Waals surface area contributed by atoms with Crippen molar-refractivity contribution in [3.8, 4) is 0 Å². The Morgan fingerprint density at radius 3 is 0.894 bits per heavy atom. The van der Waals surface area contributed by atoms with Gasteiger partial charge in [0.25, 0.3) is 35.0 Å². The zero-order valence-corrected chi connectivity index (χ0v) is 65.9. The van der Waals surface area contributed by atoms with Gasteiger partial charge in [-0.3, -0.25) is 39.8 Å². The van der Waals surface area contributed by atoms with Gasteiger partial charge in [-0.05, 0) is 86.8 Å². The van der Waals surface area contributed by atoms with Crippen LogP contribution in [0.25, 0.3) is 9.69 Å². The zero-order chi connectivity index (χ0) is 75.0. The van der Waals surface area contributed by atoms with Crippen molar-refractivity contribution in [3.05, 3.63) is 105 Å². The van der Waals surface area contributed by atoms with Crippen LogP contribution in [0.4, 0.5) is 11.4 Å². The van der Waals surface area contributed by atoms with E-state index in [0.717, 1.165) is 112 Å². The number of anilines is 2. The molecule has 578 valence electrons. The summed E-state index contributed by atoms with van der Waals surface area (Å²) in [5.41, 5.74) is 7.36. The topological polar surface area (TPSA) is 185 Å². The average molecular weight is 1440 g/mol. The van der Waals surface area contributed by atoms with Crippen LogP contribution in [-0.2, 0) is 28.7 Å². The van der Waals surface area contributed by atoms with E-state index in [0.29, 0.717) is 48.6 Å². The number of hydrogen-bond donors (Lipinski definition) is 2. The van der Waals surface area contributed by atoms with Crippen molar-refractivity contribution in [1.82, 2.24) is 9.80 Å². The fourth-order valence-corrected chi connectivity index (χ4v) is 14.6. The van der Waals surface area contributed by atoms with Crippen molar-refractivity contribution in [1.29, 1.82) is 0 Å². The molecule has 2 aromatic carbocycles. The number of amides is 4. The minimum absolute atomic E-state index is 0.00964. The normalized spacial score (nSPS) is 14.8. The van der Waals surface area contributed by atoms with Crippen LogP contribution in [-0.4, -0.2) is 83.1 Å². The lowest BCUT2D eigenvalue weighted by Gasteiger charge is -2.28. The molecule has 2 aliphatic rings. The van der Waals surface area contributed by atoms with E-state index in [1.807, 2.05) is 0 Å². The number of ether oxygens (including phenoxy) is 2. The van der Waals surface area contributed by atoms with Gasteiger partial charge in [-0.15, -0.1) is 0 Å². The molecule has 4 amide bonds. The number of unbranched alkanes of at least 4 members (excludes halogenated alkanes) is 40. The summed E-state index contributed by atoms with van der Waals surface area (Å²) in [5, 5.41) is 8.84.